The monoisotopic (exact) mass is 397 g/mol. The van der Waals surface area contributed by atoms with Crippen molar-refractivity contribution < 1.29 is 23.9 Å². The van der Waals surface area contributed by atoms with E-state index in [-0.39, 0.29) is 40.1 Å². The summed E-state index contributed by atoms with van der Waals surface area (Å²) >= 11 is 6.01. The molecule has 1 aliphatic heterocycles. The Morgan fingerprint density at radius 1 is 1.41 bits per heavy atom. The van der Waals surface area contributed by atoms with Gasteiger partial charge < -0.3 is 25.4 Å². The van der Waals surface area contributed by atoms with Crippen LogP contribution in [0.5, 0.6) is 5.75 Å². The maximum absolute atomic E-state index is 12.7. The Morgan fingerprint density at radius 2 is 2.11 bits per heavy atom. The van der Waals surface area contributed by atoms with Crippen molar-refractivity contribution in [1.82, 2.24) is 10.2 Å². The highest BCUT2D eigenvalue weighted by Gasteiger charge is 2.25. The number of rotatable bonds is 9. The molecule has 1 aromatic rings. The van der Waals surface area contributed by atoms with Crippen LogP contribution in [0.3, 0.4) is 0 Å². The number of nitrogens with zero attached hydrogens (tertiary/aromatic N) is 1. The minimum atomic E-state index is -0.463. The molecule has 1 heterocycles. The molecule has 1 saturated heterocycles. The van der Waals surface area contributed by atoms with Crippen LogP contribution in [-0.4, -0.2) is 63.0 Å². The van der Waals surface area contributed by atoms with Crippen molar-refractivity contribution in [3.8, 4) is 5.75 Å². The third kappa shape index (κ3) is 5.41. The lowest BCUT2D eigenvalue weighted by Gasteiger charge is -2.32. The number of nitrogen functional groups attached to an aromatic ring is 1. The third-order valence-corrected chi connectivity index (χ3v) is 4.89. The molecule has 0 aromatic heterocycles. The average Bonchev–Trinajstić information content (AvgIpc) is 2.66. The fourth-order valence-electron chi connectivity index (χ4n) is 3.12. The van der Waals surface area contributed by atoms with Gasteiger partial charge in [-0.1, -0.05) is 11.6 Å². The number of amides is 1. The number of aldehydes is 1. The lowest BCUT2D eigenvalue weighted by molar-refractivity contribution is -0.120. The molecule has 2 rings (SSSR count). The third-order valence-electron chi connectivity index (χ3n) is 4.58. The number of carbonyl (C=O) groups excluding carboxylic acids is 3. The molecule has 1 amide bonds. The maximum Gasteiger partial charge on any atom is 0.298 e. The van der Waals surface area contributed by atoms with E-state index < -0.39 is 5.91 Å². The largest absolute Gasteiger partial charge is 0.427 e. The average molecular weight is 398 g/mol. The normalized spacial score (nSPS) is 15.3. The van der Waals surface area contributed by atoms with Crippen LogP contribution in [-0.2, 0) is 9.53 Å². The smallest absolute Gasteiger partial charge is 0.298 e. The summed E-state index contributed by atoms with van der Waals surface area (Å²) in [6.07, 6.45) is 2.98. The van der Waals surface area contributed by atoms with Crippen LogP contribution in [0.1, 0.15) is 40.0 Å². The van der Waals surface area contributed by atoms with E-state index in [2.05, 4.69) is 10.2 Å². The van der Waals surface area contributed by atoms with Crippen LogP contribution in [0.2, 0.25) is 5.02 Å². The van der Waals surface area contributed by atoms with Crippen molar-refractivity contribution in [3.63, 3.8) is 0 Å². The number of halogens is 1. The predicted molar refractivity (Wildman–Crippen MR) is 101 cm³/mol. The number of piperidine rings is 1. The summed E-state index contributed by atoms with van der Waals surface area (Å²) in [5.74, 6) is -0.647. The van der Waals surface area contributed by atoms with E-state index in [1.54, 1.807) is 7.11 Å². The lowest BCUT2D eigenvalue weighted by Crippen LogP contribution is -2.45. The van der Waals surface area contributed by atoms with E-state index in [1.165, 1.54) is 6.07 Å². The Labute approximate surface area is 162 Å². The number of methoxy groups -OCH3 is 1. The Kier molecular flexibility index (Phi) is 8.02. The zero-order valence-electron chi connectivity index (χ0n) is 15.2. The number of hydrogen-bond acceptors (Lipinski definition) is 7. The van der Waals surface area contributed by atoms with Gasteiger partial charge in [0.2, 0.25) is 0 Å². The molecule has 0 saturated carbocycles. The standard InChI is InChI=1S/C18H24ClN3O5/c1-26-8-2-5-22-6-3-12(4-7-22)21-18(25)13-9-15(19)16(20)14(10-23)17(13)27-11-24/h9-12H,2-8,20H2,1H3,(H,21,25). The van der Waals surface area contributed by atoms with Gasteiger partial charge in [0, 0.05) is 39.4 Å². The lowest BCUT2D eigenvalue weighted by atomic mass is 10.0. The summed E-state index contributed by atoms with van der Waals surface area (Å²) in [5, 5.41) is 2.97. The van der Waals surface area contributed by atoms with E-state index in [9.17, 15) is 14.4 Å². The van der Waals surface area contributed by atoms with Crippen LogP contribution < -0.4 is 15.8 Å². The molecule has 0 unspecified atom stereocenters. The van der Waals surface area contributed by atoms with Crippen molar-refractivity contribution in [2.45, 2.75) is 25.3 Å². The first-order valence-corrected chi connectivity index (χ1v) is 9.09. The Balaban J connectivity index is 2.05. The van der Waals surface area contributed by atoms with E-state index in [0.29, 0.717) is 6.29 Å². The van der Waals surface area contributed by atoms with Gasteiger partial charge in [0.25, 0.3) is 12.4 Å². The van der Waals surface area contributed by atoms with Crippen LogP contribution in [0.25, 0.3) is 0 Å². The number of carbonyl (C=O) groups is 3. The Morgan fingerprint density at radius 3 is 2.70 bits per heavy atom. The summed E-state index contributed by atoms with van der Waals surface area (Å²) in [5.41, 5.74) is 5.59. The molecule has 1 aromatic carbocycles. The van der Waals surface area contributed by atoms with Crippen molar-refractivity contribution in [1.29, 1.82) is 0 Å². The van der Waals surface area contributed by atoms with Crippen molar-refractivity contribution in [3.05, 3.63) is 22.2 Å². The number of benzene rings is 1. The summed E-state index contributed by atoms with van der Waals surface area (Å²) < 4.78 is 9.90. The van der Waals surface area contributed by atoms with Gasteiger partial charge in [0.1, 0.15) is 0 Å². The van der Waals surface area contributed by atoms with Gasteiger partial charge in [0.05, 0.1) is 21.8 Å². The summed E-state index contributed by atoms with van der Waals surface area (Å²) in [4.78, 5) is 37.1. The molecule has 1 aliphatic rings. The van der Waals surface area contributed by atoms with Gasteiger partial charge in [-0.25, -0.2) is 0 Å². The van der Waals surface area contributed by atoms with Crippen LogP contribution >= 0.6 is 11.6 Å². The van der Waals surface area contributed by atoms with Gasteiger partial charge in [0.15, 0.2) is 12.0 Å². The summed E-state index contributed by atoms with van der Waals surface area (Å²) in [6.45, 7) is 3.57. The first-order chi connectivity index (χ1) is 13.0. The molecule has 9 heteroatoms. The van der Waals surface area contributed by atoms with Crippen molar-refractivity contribution in [2.75, 3.05) is 39.1 Å². The van der Waals surface area contributed by atoms with Gasteiger partial charge in [-0.15, -0.1) is 0 Å². The van der Waals surface area contributed by atoms with Gasteiger partial charge in [-0.05, 0) is 25.3 Å². The van der Waals surface area contributed by atoms with Gasteiger partial charge >= 0.3 is 0 Å². The predicted octanol–water partition coefficient (Wildman–Crippen LogP) is 1.50. The topological polar surface area (TPSA) is 111 Å². The quantitative estimate of drug-likeness (QED) is 0.369. The maximum atomic E-state index is 12.7. The van der Waals surface area contributed by atoms with Crippen LogP contribution in [0, 0.1) is 0 Å². The molecule has 27 heavy (non-hydrogen) atoms. The highest BCUT2D eigenvalue weighted by molar-refractivity contribution is 6.34. The highest BCUT2D eigenvalue weighted by atomic mass is 35.5. The fraction of sp³-hybridized carbons (Fsp3) is 0.500. The molecule has 0 aliphatic carbocycles. The molecule has 1 fully saturated rings. The molecule has 8 nitrogen and oxygen atoms in total. The number of nitrogens with one attached hydrogen (secondary N) is 1. The second-order valence-corrected chi connectivity index (χ2v) is 6.74. The minimum absolute atomic E-state index is 0.00549. The Hall–Kier alpha value is -2.16. The zero-order valence-corrected chi connectivity index (χ0v) is 16.0. The summed E-state index contributed by atoms with van der Waals surface area (Å²) in [7, 11) is 1.68. The fourth-order valence-corrected chi connectivity index (χ4v) is 3.33. The van der Waals surface area contributed by atoms with E-state index in [1.807, 2.05) is 0 Å². The highest BCUT2D eigenvalue weighted by Crippen LogP contribution is 2.34. The van der Waals surface area contributed by atoms with E-state index in [4.69, 9.17) is 26.8 Å². The van der Waals surface area contributed by atoms with Crippen molar-refractivity contribution in [2.24, 2.45) is 0 Å². The molecule has 0 radical (unpaired) electrons. The van der Waals surface area contributed by atoms with Crippen LogP contribution in [0.4, 0.5) is 5.69 Å². The molecular weight excluding hydrogens is 374 g/mol. The van der Waals surface area contributed by atoms with E-state index in [0.717, 1.165) is 45.5 Å². The molecular formula is C18H24ClN3O5. The second kappa shape index (κ2) is 10.2. The van der Waals surface area contributed by atoms with Crippen molar-refractivity contribution >= 4 is 36.0 Å². The molecule has 3 N–H and O–H groups in total. The number of likely N-dealkylation sites (tertiary alicyclic amines) is 1. The van der Waals surface area contributed by atoms with Gasteiger partial charge in [-0.3, -0.25) is 14.4 Å². The van der Waals surface area contributed by atoms with Gasteiger partial charge in [-0.2, -0.15) is 0 Å². The zero-order chi connectivity index (χ0) is 19.8. The Bertz CT molecular complexity index is 690. The van der Waals surface area contributed by atoms with Crippen LogP contribution in [0.15, 0.2) is 6.07 Å². The first kappa shape index (κ1) is 21.1. The second-order valence-electron chi connectivity index (χ2n) is 6.33. The number of anilines is 1. The molecule has 0 bridgehead atoms. The first-order valence-electron chi connectivity index (χ1n) is 8.71. The number of nitrogens with two attached hydrogens (primary N) is 1. The van der Waals surface area contributed by atoms with E-state index >= 15 is 0 Å². The minimum Gasteiger partial charge on any atom is -0.427 e. The molecule has 0 spiro atoms. The number of hydrogen-bond donors (Lipinski definition) is 2. The molecule has 0 atom stereocenters. The molecule has 148 valence electrons. The SMILES string of the molecule is COCCCN1CCC(NC(=O)c2cc(Cl)c(N)c(C=O)c2OC=O)CC1. The summed E-state index contributed by atoms with van der Waals surface area (Å²) in [6, 6.07) is 1.29. The number of ether oxygens (including phenoxy) is 2.